The first-order chi connectivity index (χ1) is 15.2. The highest BCUT2D eigenvalue weighted by molar-refractivity contribution is 5.96. The van der Waals surface area contributed by atoms with E-state index in [1.165, 1.54) is 6.42 Å². The summed E-state index contributed by atoms with van der Waals surface area (Å²) in [5, 5.41) is 15.0. The molecule has 8 nitrogen and oxygen atoms in total. The molecule has 0 unspecified atom stereocenters. The van der Waals surface area contributed by atoms with Crippen molar-refractivity contribution in [1.82, 2.24) is 14.8 Å². The molecule has 3 aromatic rings. The second-order valence-corrected chi connectivity index (χ2v) is 7.91. The second kappa shape index (κ2) is 8.29. The van der Waals surface area contributed by atoms with Crippen LogP contribution in [0.1, 0.15) is 32.0 Å². The Morgan fingerprint density at radius 2 is 1.94 bits per heavy atom. The van der Waals surface area contributed by atoms with E-state index in [1.807, 2.05) is 31.2 Å². The molecule has 1 amide bonds. The topological polar surface area (TPSA) is 90.3 Å². The highest BCUT2D eigenvalue weighted by atomic mass is 16.7. The third-order valence-electron chi connectivity index (χ3n) is 5.65. The lowest BCUT2D eigenvalue weighted by atomic mass is 10.1. The molecule has 0 saturated carbocycles. The quantitative estimate of drug-likeness (QED) is 0.653. The van der Waals surface area contributed by atoms with E-state index in [4.69, 9.17) is 9.47 Å². The number of hydrogen-bond donors (Lipinski definition) is 2. The number of rotatable bonds is 5. The molecule has 2 aliphatic heterocycles. The zero-order valence-electron chi connectivity index (χ0n) is 17.4. The number of hydrogen-bond acceptors (Lipinski definition) is 6. The number of nitrogens with zero attached hydrogens (tertiary/aromatic N) is 3. The van der Waals surface area contributed by atoms with Crippen LogP contribution in [0, 0.1) is 0 Å². The van der Waals surface area contributed by atoms with Crippen molar-refractivity contribution in [1.29, 1.82) is 0 Å². The second-order valence-electron chi connectivity index (χ2n) is 7.91. The fourth-order valence-electron chi connectivity index (χ4n) is 3.99. The molecule has 0 spiro atoms. The molecule has 31 heavy (non-hydrogen) atoms. The van der Waals surface area contributed by atoms with E-state index in [1.54, 1.807) is 18.2 Å². The Hall–Kier alpha value is -3.55. The van der Waals surface area contributed by atoms with Crippen LogP contribution in [-0.4, -0.2) is 33.5 Å². The van der Waals surface area contributed by atoms with Crippen LogP contribution in [0.15, 0.2) is 42.5 Å². The summed E-state index contributed by atoms with van der Waals surface area (Å²) >= 11 is 0. The lowest BCUT2D eigenvalue weighted by Crippen LogP contribution is -2.31. The minimum Gasteiger partial charge on any atom is -0.454 e. The highest BCUT2D eigenvalue weighted by Crippen LogP contribution is 2.34. The molecule has 0 saturated heterocycles. The van der Waals surface area contributed by atoms with Gasteiger partial charge in [-0.2, -0.15) is 0 Å². The maximum atomic E-state index is 12.7. The summed E-state index contributed by atoms with van der Waals surface area (Å²) in [4.78, 5) is 12.7. The van der Waals surface area contributed by atoms with Crippen molar-refractivity contribution in [3.63, 3.8) is 0 Å². The van der Waals surface area contributed by atoms with Gasteiger partial charge in [-0.1, -0.05) is 18.6 Å². The first kappa shape index (κ1) is 19.4. The van der Waals surface area contributed by atoms with Crippen molar-refractivity contribution >= 4 is 17.3 Å². The number of benzene rings is 2. The van der Waals surface area contributed by atoms with Crippen molar-refractivity contribution in [3.8, 4) is 22.9 Å². The summed E-state index contributed by atoms with van der Waals surface area (Å²) in [6, 6.07) is 12.9. The Labute approximate surface area is 180 Å². The molecule has 0 aliphatic carbocycles. The molecule has 0 fully saturated rings. The number of aromatic nitrogens is 3. The van der Waals surface area contributed by atoms with Gasteiger partial charge in [-0.3, -0.25) is 4.79 Å². The molecule has 2 aliphatic rings. The first-order valence-electron chi connectivity index (χ1n) is 10.7. The molecule has 160 valence electrons. The maximum Gasteiger partial charge on any atom is 0.246 e. The fraction of sp³-hybridized carbons (Fsp3) is 0.348. The molecule has 5 rings (SSSR count). The average molecular weight is 419 g/mol. The molecular formula is C23H25N5O3. The Bertz CT molecular complexity index is 1110. The van der Waals surface area contributed by atoms with Crippen molar-refractivity contribution < 1.29 is 14.3 Å². The normalized spacial score (nSPS) is 15.6. The van der Waals surface area contributed by atoms with Crippen LogP contribution < -0.4 is 20.1 Å². The highest BCUT2D eigenvalue weighted by Gasteiger charge is 2.19. The largest absolute Gasteiger partial charge is 0.454 e. The van der Waals surface area contributed by atoms with E-state index in [0.29, 0.717) is 17.2 Å². The molecule has 1 aromatic heterocycles. The number of fused-ring (bicyclic) bond motifs is 2. The van der Waals surface area contributed by atoms with Gasteiger partial charge in [0.15, 0.2) is 17.3 Å². The van der Waals surface area contributed by atoms with E-state index in [0.717, 1.165) is 48.7 Å². The standard InChI is InChI=1S/C23H25N5O3/c1-15(23(29)25-18-9-10-19-20(13-18)31-14-30-19)24-17-7-5-6-16(12-17)22-27-26-21-8-3-2-4-11-28(21)22/h5-7,9-10,12-13,15,24H,2-4,8,11,14H2,1H3,(H,25,29)/t15-/m1/s1. The lowest BCUT2D eigenvalue weighted by Gasteiger charge is -2.16. The minimum absolute atomic E-state index is 0.138. The van der Waals surface area contributed by atoms with Gasteiger partial charge in [0.05, 0.1) is 0 Å². The van der Waals surface area contributed by atoms with Crippen molar-refractivity contribution in [3.05, 3.63) is 48.3 Å². The van der Waals surface area contributed by atoms with E-state index in [-0.39, 0.29) is 12.7 Å². The molecule has 2 N–H and O–H groups in total. The van der Waals surface area contributed by atoms with Gasteiger partial charge < -0.3 is 24.7 Å². The van der Waals surface area contributed by atoms with Crippen LogP contribution in [0.2, 0.25) is 0 Å². The Morgan fingerprint density at radius 1 is 1.03 bits per heavy atom. The first-order valence-corrected chi connectivity index (χ1v) is 10.7. The van der Waals surface area contributed by atoms with Gasteiger partial charge in [0.1, 0.15) is 11.9 Å². The van der Waals surface area contributed by atoms with Crippen molar-refractivity contribution in [2.45, 2.75) is 45.2 Å². The molecule has 3 heterocycles. The SMILES string of the molecule is C[C@@H](Nc1cccc(-c2nnc3n2CCCCC3)c1)C(=O)Nc1ccc2c(c1)OCO2. The van der Waals surface area contributed by atoms with E-state index in [2.05, 4.69) is 25.4 Å². The molecule has 0 bridgehead atoms. The van der Waals surface area contributed by atoms with E-state index < -0.39 is 6.04 Å². The summed E-state index contributed by atoms with van der Waals surface area (Å²) < 4.78 is 12.9. The van der Waals surface area contributed by atoms with Gasteiger partial charge in [-0.25, -0.2) is 0 Å². The van der Waals surface area contributed by atoms with Gasteiger partial charge in [-0.05, 0) is 44.0 Å². The number of nitrogens with one attached hydrogen (secondary N) is 2. The number of amides is 1. The number of carbonyl (C=O) groups excluding carboxylic acids is 1. The third kappa shape index (κ3) is 4.05. The van der Waals surface area contributed by atoms with Gasteiger partial charge in [0, 0.05) is 36.0 Å². The monoisotopic (exact) mass is 419 g/mol. The van der Waals surface area contributed by atoms with Crippen molar-refractivity contribution in [2.24, 2.45) is 0 Å². The van der Waals surface area contributed by atoms with Crippen LogP contribution in [0.5, 0.6) is 11.5 Å². The smallest absolute Gasteiger partial charge is 0.246 e. The Balaban J connectivity index is 1.28. The number of carbonyl (C=O) groups is 1. The summed E-state index contributed by atoms with van der Waals surface area (Å²) in [7, 11) is 0. The maximum absolute atomic E-state index is 12.7. The summed E-state index contributed by atoms with van der Waals surface area (Å²) in [6.45, 7) is 2.98. The van der Waals surface area contributed by atoms with E-state index >= 15 is 0 Å². The van der Waals surface area contributed by atoms with Gasteiger partial charge in [0.2, 0.25) is 12.7 Å². The molecular weight excluding hydrogens is 394 g/mol. The number of anilines is 2. The molecule has 0 radical (unpaired) electrons. The summed E-state index contributed by atoms with van der Waals surface area (Å²) in [5.41, 5.74) is 2.52. The average Bonchev–Trinajstić information content (AvgIpc) is 3.34. The van der Waals surface area contributed by atoms with Crippen LogP contribution in [0.4, 0.5) is 11.4 Å². The number of aryl methyl sites for hydroxylation is 1. The molecule has 1 atom stereocenters. The zero-order valence-corrected chi connectivity index (χ0v) is 17.4. The van der Waals surface area contributed by atoms with Crippen LogP contribution in [-0.2, 0) is 17.8 Å². The predicted octanol–water partition coefficient (Wildman–Crippen LogP) is 3.84. The number of ether oxygens (including phenoxy) is 2. The van der Waals surface area contributed by atoms with Crippen LogP contribution in [0.25, 0.3) is 11.4 Å². The summed E-state index contributed by atoms with van der Waals surface area (Å²) in [5.74, 6) is 3.13. The van der Waals surface area contributed by atoms with Crippen LogP contribution in [0.3, 0.4) is 0 Å². The van der Waals surface area contributed by atoms with Crippen LogP contribution >= 0.6 is 0 Å². The van der Waals surface area contributed by atoms with Gasteiger partial charge >= 0.3 is 0 Å². The van der Waals surface area contributed by atoms with Crippen molar-refractivity contribution in [2.75, 3.05) is 17.4 Å². The van der Waals surface area contributed by atoms with E-state index in [9.17, 15) is 4.79 Å². The lowest BCUT2D eigenvalue weighted by molar-refractivity contribution is -0.116. The minimum atomic E-state index is -0.434. The zero-order chi connectivity index (χ0) is 21.2. The Kier molecular flexibility index (Phi) is 5.19. The Morgan fingerprint density at radius 3 is 2.87 bits per heavy atom. The summed E-state index contributed by atoms with van der Waals surface area (Å²) in [6.07, 6.45) is 4.51. The fourth-order valence-corrected chi connectivity index (χ4v) is 3.99. The molecule has 8 heteroatoms. The van der Waals surface area contributed by atoms with Gasteiger partial charge in [-0.15, -0.1) is 10.2 Å². The third-order valence-corrected chi connectivity index (χ3v) is 5.65. The predicted molar refractivity (Wildman–Crippen MR) is 117 cm³/mol. The molecule has 2 aromatic carbocycles. The van der Waals surface area contributed by atoms with Gasteiger partial charge in [0.25, 0.3) is 0 Å².